The van der Waals surface area contributed by atoms with Crippen molar-refractivity contribution in [1.82, 2.24) is 5.32 Å². The lowest BCUT2D eigenvalue weighted by molar-refractivity contribution is -0.130. The van der Waals surface area contributed by atoms with Gasteiger partial charge in [0.25, 0.3) is 5.91 Å². The summed E-state index contributed by atoms with van der Waals surface area (Å²) in [7, 11) is 2.02. The molecule has 126 valence electrons. The van der Waals surface area contributed by atoms with Gasteiger partial charge in [0.05, 0.1) is 0 Å². The van der Waals surface area contributed by atoms with Crippen LogP contribution < -0.4 is 19.7 Å². The summed E-state index contributed by atoms with van der Waals surface area (Å²) in [5.74, 6) is 1.13. The van der Waals surface area contributed by atoms with Crippen molar-refractivity contribution in [2.24, 2.45) is 0 Å². The number of carbonyl (C=O) groups excluding carboxylic acids is 1. The second-order valence-corrected chi connectivity index (χ2v) is 5.90. The monoisotopic (exact) mass is 326 g/mol. The Morgan fingerprint density at radius 1 is 1.17 bits per heavy atom. The highest BCUT2D eigenvalue weighted by Gasteiger charge is 2.27. The first-order valence-electron chi connectivity index (χ1n) is 8.09. The Balaban J connectivity index is 1.53. The summed E-state index contributed by atoms with van der Waals surface area (Å²) in [6, 6.07) is 17.6. The Labute approximate surface area is 142 Å². The van der Waals surface area contributed by atoms with E-state index in [4.69, 9.17) is 9.47 Å². The van der Waals surface area contributed by atoms with E-state index >= 15 is 0 Å². The van der Waals surface area contributed by atoms with Crippen LogP contribution in [0.5, 0.6) is 11.5 Å². The van der Waals surface area contributed by atoms with Gasteiger partial charge >= 0.3 is 0 Å². The average Bonchev–Trinajstić information content (AvgIpc) is 2.65. The third-order valence-corrected chi connectivity index (χ3v) is 4.20. The third-order valence-electron chi connectivity index (χ3n) is 4.20. The average molecular weight is 326 g/mol. The van der Waals surface area contributed by atoms with Crippen LogP contribution in [0.2, 0.25) is 0 Å². The molecule has 0 saturated carbocycles. The zero-order valence-corrected chi connectivity index (χ0v) is 13.9. The highest BCUT2D eigenvalue weighted by molar-refractivity contribution is 5.81. The van der Waals surface area contributed by atoms with Crippen LogP contribution in [0, 0.1) is 0 Å². The van der Waals surface area contributed by atoms with Crippen molar-refractivity contribution < 1.29 is 14.3 Å². The first kappa shape index (κ1) is 16.2. The number of ether oxygens (including phenoxy) is 2. The van der Waals surface area contributed by atoms with E-state index in [9.17, 15) is 4.79 Å². The lowest BCUT2D eigenvalue weighted by atomic mass is 10.2. The summed E-state index contributed by atoms with van der Waals surface area (Å²) in [5, 5.41) is 2.95. The van der Waals surface area contributed by atoms with Crippen LogP contribution in [0.25, 0.3) is 0 Å². The molecule has 5 nitrogen and oxygen atoms in total. The van der Waals surface area contributed by atoms with Crippen molar-refractivity contribution in [1.29, 1.82) is 0 Å². The van der Waals surface area contributed by atoms with Crippen LogP contribution in [-0.4, -0.2) is 38.3 Å². The van der Waals surface area contributed by atoms with Gasteiger partial charge in [-0.25, -0.2) is 0 Å². The molecule has 2 aromatic carbocycles. The standard InChI is InChI=1S/C19H22N2O3/c1-14(21(2)15-8-4-3-5-9-15)12-20-19(22)18-13-23-16-10-6-7-11-17(16)24-18/h3-11,14,18H,12-13H2,1-2H3,(H,20,22). The third kappa shape index (κ3) is 3.62. The number of hydrogen-bond donors (Lipinski definition) is 1. The molecule has 1 amide bonds. The Hall–Kier alpha value is -2.69. The van der Waals surface area contributed by atoms with E-state index < -0.39 is 6.10 Å². The molecule has 0 saturated heterocycles. The minimum atomic E-state index is -0.617. The van der Waals surface area contributed by atoms with Crippen LogP contribution in [0.15, 0.2) is 54.6 Å². The second-order valence-electron chi connectivity index (χ2n) is 5.90. The van der Waals surface area contributed by atoms with Crippen LogP contribution in [0.4, 0.5) is 5.69 Å². The lowest BCUT2D eigenvalue weighted by Gasteiger charge is -2.29. The summed E-state index contributed by atoms with van der Waals surface area (Å²) in [6.45, 7) is 2.83. The number of anilines is 1. The summed E-state index contributed by atoms with van der Waals surface area (Å²) in [6.07, 6.45) is -0.617. The van der Waals surface area contributed by atoms with Crippen molar-refractivity contribution in [2.45, 2.75) is 19.1 Å². The van der Waals surface area contributed by atoms with E-state index in [0.29, 0.717) is 18.0 Å². The van der Waals surface area contributed by atoms with E-state index in [-0.39, 0.29) is 18.6 Å². The number of carbonyl (C=O) groups is 1. The van der Waals surface area contributed by atoms with E-state index in [1.807, 2.05) is 55.6 Å². The smallest absolute Gasteiger partial charge is 0.264 e. The van der Waals surface area contributed by atoms with Gasteiger partial charge in [0.15, 0.2) is 11.5 Å². The Kier molecular flexibility index (Phi) is 4.89. The molecule has 0 aliphatic carbocycles. The number of nitrogens with zero attached hydrogens (tertiary/aromatic N) is 1. The van der Waals surface area contributed by atoms with Crippen LogP contribution in [-0.2, 0) is 4.79 Å². The first-order valence-corrected chi connectivity index (χ1v) is 8.09. The molecular weight excluding hydrogens is 304 g/mol. The molecule has 0 spiro atoms. The highest BCUT2D eigenvalue weighted by Crippen LogP contribution is 2.30. The fourth-order valence-corrected chi connectivity index (χ4v) is 2.57. The van der Waals surface area contributed by atoms with Crippen LogP contribution in [0.1, 0.15) is 6.92 Å². The first-order chi connectivity index (χ1) is 11.6. The molecule has 1 N–H and O–H groups in total. The van der Waals surface area contributed by atoms with Crippen LogP contribution in [0.3, 0.4) is 0 Å². The zero-order valence-electron chi connectivity index (χ0n) is 13.9. The van der Waals surface area contributed by atoms with Gasteiger partial charge in [0.2, 0.25) is 6.10 Å². The molecule has 2 unspecified atom stereocenters. The van der Waals surface area contributed by atoms with Crippen molar-refractivity contribution in [3.8, 4) is 11.5 Å². The van der Waals surface area contributed by atoms with Crippen LogP contribution >= 0.6 is 0 Å². The van der Waals surface area contributed by atoms with E-state index in [2.05, 4.69) is 17.1 Å². The minimum absolute atomic E-state index is 0.155. The SMILES string of the molecule is CC(CNC(=O)C1COc2ccccc2O1)N(C)c1ccccc1. The summed E-state index contributed by atoms with van der Waals surface area (Å²) < 4.78 is 11.3. The minimum Gasteiger partial charge on any atom is -0.485 e. The van der Waals surface area contributed by atoms with Crippen molar-refractivity contribution >= 4 is 11.6 Å². The molecule has 0 bridgehead atoms. The number of benzene rings is 2. The molecule has 5 heteroatoms. The van der Waals surface area contributed by atoms with Crippen molar-refractivity contribution in [3.63, 3.8) is 0 Å². The van der Waals surface area contributed by atoms with Gasteiger partial charge in [0.1, 0.15) is 6.61 Å². The van der Waals surface area contributed by atoms with Gasteiger partial charge in [-0.1, -0.05) is 30.3 Å². The number of nitrogens with one attached hydrogen (secondary N) is 1. The van der Waals surface area contributed by atoms with Crippen molar-refractivity contribution in [3.05, 3.63) is 54.6 Å². The fraction of sp³-hybridized carbons (Fsp3) is 0.316. The maximum absolute atomic E-state index is 12.3. The molecule has 0 radical (unpaired) electrons. The molecule has 3 rings (SSSR count). The quantitative estimate of drug-likeness (QED) is 0.917. The summed E-state index contributed by atoms with van der Waals surface area (Å²) >= 11 is 0. The molecule has 2 atom stereocenters. The van der Waals surface area contributed by atoms with Gasteiger partial charge in [-0.05, 0) is 31.2 Å². The number of likely N-dealkylation sites (N-methyl/N-ethyl adjacent to an activating group) is 1. The van der Waals surface area contributed by atoms with Gasteiger partial charge in [-0.15, -0.1) is 0 Å². The number of rotatable bonds is 5. The largest absolute Gasteiger partial charge is 0.485 e. The van der Waals surface area contributed by atoms with Gasteiger partial charge in [-0.3, -0.25) is 4.79 Å². The molecule has 1 heterocycles. The molecule has 1 aliphatic rings. The Morgan fingerprint density at radius 2 is 1.83 bits per heavy atom. The predicted octanol–water partition coefficient (Wildman–Crippen LogP) is 2.47. The van der Waals surface area contributed by atoms with Crippen molar-refractivity contribution in [2.75, 3.05) is 25.1 Å². The predicted molar refractivity (Wildman–Crippen MR) is 93.7 cm³/mol. The Morgan fingerprint density at radius 3 is 2.58 bits per heavy atom. The maximum Gasteiger partial charge on any atom is 0.264 e. The molecule has 1 aliphatic heterocycles. The number of hydrogen-bond acceptors (Lipinski definition) is 4. The fourth-order valence-electron chi connectivity index (χ4n) is 2.57. The van der Waals surface area contributed by atoms with Gasteiger partial charge < -0.3 is 19.7 Å². The van der Waals surface area contributed by atoms with Gasteiger partial charge in [-0.2, -0.15) is 0 Å². The summed E-state index contributed by atoms with van der Waals surface area (Å²) in [4.78, 5) is 14.5. The number of amides is 1. The normalized spacial score (nSPS) is 17.0. The summed E-state index contributed by atoms with van der Waals surface area (Å²) in [5.41, 5.74) is 1.12. The number of fused-ring (bicyclic) bond motifs is 1. The molecule has 24 heavy (non-hydrogen) atoms. The highest BCUT2D eigenvalue weighted by atomic mass is 16.6. The number of para-hydroxylation sites is 3. The lowest BCUT2D eigenvalue weighted by Crippen LogP contribution is -2.48. The molecule has 2 aromatic rings. The molecule has 0 fully saturated rings. The van der Waals surface area contributed by atoms with E-state index in [0.717, 1.165) is 5.69 Å². The zero-order chi connectivity index (χ0) is 16.9. The Bertz CT molecular complexity index is 690. The topological polar surface area (TPSA) is 50.8 Å². The van der Waals surface area contributed by atoms with Gasteiger partial charge in [0, 0.05) is 25.3 Å². The van der Waals surface area contributed by atoms with E-state index in [1.165, 1.54) is 0 Å². The van der Waals surface area contributed by atoms with E-state index in [1.54, 1.807) is 6.07 Å². The molecular formula is C19H22N2O3. The molecule has 0 aromatic heterocycles. The second kappa shape index (κ2) is 7.25. The maximum atomic E-state index is 12.3.